The van der Waals surface area contributed by atoms with Crippen molar-refractivity contribution in [1.82, 2.24) is 0 Å². The Kier molecular flexibility index (Phi) is 10.4. The van der Waals surface area contributed by atoms with E-state index in [2.05, 4.69) is 24.3 Å². The lowest BCUT2D eigenvalue weighted by molar-refractivity contribution is -0.136. The molecule has 0 aromatic heterocycles. The van der Waals surface area contributed by atoms with Gasteiger partial charge in [0.15, 0.2) is 0 Å². The molecule has 0 unspecified atom stereocenters. The number of hydrogen-bond donors (Lipinski definition) is 3. The molecule has 1 saturated carbocycles. The molecule has 0 amide bonds. The first-order chi connectivity index (χ1) is 11.6. The van der Waals surface area contributed by atoms with Crippen LogP contribution < -0.4 is 5.73 Å². The summed E-state index contributed by atoms with van der Waals surface area (Å²) in [6.07, 6.45) is 8.60. The largest absolute Gasteiger partial charge is 0.481 e. The molecule has 0 saturated heterocycles. The van der Waals surface area contributed by atoms with Crippen LogP contribution in [0, 0.1) is 11.8 Å². The van der Waals surface area contributed by atoms with Crippen LogP contribution in [0.15, 0.2) is 24.3 Å². The molecule has 1 fully saturated rings. The summed E-state index contributed by atoms with van der Waals surface area (Å²) in [5, 5.41) is 16.6. The highest BCUT2D eigenvalue weighted by Crippen LogP contribution is 2.30. The Hall–Kier alpha value is -1.39. The van der Waals surface area contributed by atoms with Crippen LogP contribution in [-0.2, 0) is 17.6 Å². The van der Waals surface area contributed by atoms with Gasteiger partial charge in [-0.1, -0.05) is 31.2 Å². The molecule has 0 aliphatic heterocycles. The zero-order valence-electron chi connectivity index (χ0n) is 14.9. The summed E-state index contributed by atoms with van der Waals surface area (Å²) in [4.78, 5) is 9.37. The lowest BCUT2D eigenvalue weighted by Crippen LogP contribution is -2.22. The molecule has 0 heterocycles. The van der Waals surface area contributed by atoms with Crippen molar-refractivity contribution in [2.45, 2.75) is 58.3 Å². The van der Waals surface area contributed by atoms with Crippen molar-refractivity contribution in [2.24, 2.45) is 17.6 Å². The van der Waals surface area contributed by atoms with Gasteiger partial charge in [-0.3, -0.25) is 4.79 Å². The smallest absolute Gasteiger partial charge is 0.303 e. The van der Waals surface area contributed by atoms with Crippen molar-refractivity contribution >= 4 is 5.97 Å². The average Bonchev–Trinajstić information content (AvgIpc) is 2.62. The number of aryl methyl sites for hydroxylation is 1. The first kappa shape index (κ1) is 20.7. The summed E-state index contributed by atoms with van der Waals surface area (Å²) >= 11 is 0. The highest BCUT2D eigenvalue weighted by atomic mass is 16.4. The monoisotopic (exact) mass is 335 g/mol. The van der Waals surface area contributed by atoms with Gasteiger partial charge >= 0.3 is 5.97 Å². The minimum absolute atomic E-state index is 0.222. The van der Waals surface area contributed by atoms with Gasteiger partial charge in [0.05, 0.1) is 0 Å². The second-order valence-corrected chi connectivity index (χ2v) is 6.72. The van der Waals surface area contributed by atoms with Crippen LogP contribution in [0.2, 0.25) is 0 Å². The summed E-state index contributed by atoms with van der Waals surface area (Å²) in [5.74, 6) is 0.883. The van der Waals surface area contributed by atoms with Crippen molar-refractivity contribution in [3.63, 3.8) is 0 Å². The van der Waals surface area contributed by atoms with Crippen LogP contribution in [0.5, 0.6) is 0 Å². The van der Waals surface area contributed by atoms with Gasteiger partial charge < -0.3 is 15.9 Å². The van der Waals surface area contributed by atoms with Crippen LogP contribution in [0.25, 0.3) is 0 Å². The highest BCUT2D eigenvalue weighted by Gasteiger charge is 2.20. The van der Waals surface area contributed by atoms with Crippen LogP contribution in [0.1, 0.15) is 56.6 Å². The molecule has 4 heteroatoms. The van der Waals surface area contributed by atoms with E-state index in [1.165, 1.54) is 43.2 Å². The third kappa shape index (κ3) is 8.46. The van der Waals surface area contributed by atoms with Crippen molar-refractivity contribution in [3.8, 4) is 0 Å². The van der Waals surface area contributed by atoms with Gasteiger partial charge in [-0.2, -0.15) is 0 Å². The molecule has 1 aliphatic carbocycles. The van der Waals surface area contributed by atoms with Gasteiger partial charge in [-0.05, 0) is 74.5 Å². The molecular formula is C20H33NO3. The van der Waals surface area contributed by atoms with Gasteiger partial charge in [0, 0.05) is 13.0 Å². The molecule has 1 aromatic carbocycles. The van der Waals surface area contributed by atoms with E-state index >= 15 is 0 Å². The lowest BCUT2D eigenvalue weighted by Gasteiger charge is -2.27. The molecule has 0 spiro atoms. The first-order valence-electron chi connectivity index (χ1n) is 9.19. The predicted octanol–water partition coefficient (Wildman–Crippen LogP) is 3.40. The number of carbonyl (C=O) groups is 1. The number of aliphatic carboxylic acids is 1. The summed E-state index contributed by atoms with van der Waals surface area (Å²) in [5.41, 5.74) is 8.54. The van der Waals surface area contributed by atoms with Crippen LogP contribution in [-0.4, -0.2) is 29.3 Å². The SMILES string of the molecule is CCC(=O)O.NCC1CCC(Cc2ccc(CCCO)cc2)CC1. The van der Waals surface area contributed by atoms with Crippen molar-refractivity contribution in [1.29, 1.82) is 0 Å². The molecule has 24 heavy (non-hydrogen) atoms. The van der Waals surface area contributed by atoms with E-state index in [1.807, 2.05) is 0 Å². The molecular weight excluding hydrogens is 302 g/mol. The zero-order valence-corrected chi connectivity index (χ0v) is 14.9. The van der Waals surface area contributed by atoms with Crippen LogP contribution in [0.4, 0.5) is 0 Å². The van der Waals surface area contributed by atoms with Crippen molar-refractivity contribution in [2.75, 3.05) is 13.2 Å². The normalized spacial score (nSPS) is 20.1. The Morgan fingerprint density at radius 1 is 1.08 bits per heavy atom. The minimum Gasteiger partial charge on any atom is -0.481 e. The van der Waals surface area contributed by atoms with E-state index in [9.17, 15) is 4.79 Å². The summed E-state index contributed by atoms with van der Waals surface area (Å²) in [6.45, 7) is 2.75. The lowest BCUT2D eigenvalue weighted by atomic mass is 9.79. The summed E-state index contributed by atoms with van der Waals surface area (Å²) in [6, 6.07) is 8.97. The molecule has 4 nitrogen and oxygen atoms in total. The van der Waals surface area contributed by atoms with Crippen molar-refractivity contribution in [3.05, 3.63) is 35.4 Å². The number of aliphatic hydroxyl groups is 1. The number of carboxylic acid groups (broad SMARTS) is 1. The summed E-state index contributed by atoms with van der Waals surface area (Å²) < 4.78 is 0. The molecule has 4 N–H and O–H groups in total. The fourth-order valence-electron chi connectivity index (χ4n) is 3.13. The quantitative estimate of drug-likeness (QED) is 0.713. The maximum absolute atomic E-state index is 9.37. The van der Waals surface area contributed by atoms with Gasteiger partial charge in [-0.25, -0.2) is 0 Å². The van der Waals surface area contributed by atoms with Gasteiger partial charge in [0.25, 0.3) is 0 Å². The van der Waals surface area contributed by atoms with Gasteiger partial charge in [-0.15, -0.1) is 0 Å². The number of benzene rings is 1. The van der Waals surface area contributed by atoms with E-state index in [0.29, 0.717) is 0 Å². The maximum Gasteiger partial charge on any atom is 0.303 e. The Balaban J connectivity index is 0.000000505. The standard InChI is InChI=1S/C17H27NO.C3H6O2/c18-13-17-9-7-16(8-10-17)12-15-5-3-14(4-6-15)2-1-11-19;1-2-3(4)5/h3-6,16-17,19H,1-2,7-13,18H2;2H2,1H3,(H,4,5). The van der Waals surface area contributed by atoms with E-state index in [1.54, 1.807) is 6.92 Å². The third-order valence-corrected chi connectivity index (χ3v) is 4.77. The zero-order chi connectivity index (χ0) is 17.8. The number of aliphatic hydroxyl groups excluding tert-OH is 1. The number of carboxylic acids is 1. The third-order valence-electron chi connectivity index (χ3n) is 4.77. The van der Waals surface area contributed by atoms with Crippen LogP contribution in [0.3, 0.4) is 0 Å². The predicted molar refractivity (Wildman–Crippen MR) is 98.0 cm³/mol. The Morgan fingerprint density at radius 3 is 2.04 bits per heavy atom. The number of nitrogens with two attached hydrogens (primary N) is 1. The number of hydrogen-bond acceptors (Lipinski definition) is 3. The molecule has 1 aliphatic rings. The van der Waals surface area contributed by atoms with E-state index in [4.69, 9.17) is 15.9 Å². The van der Waals surface area contributed by atoms with Gasteiger partial charge in [0.1, 0.15) is 0 Å². The highest BCUT2D eigenvalue weighted by molar-refractivity contribution is 5.66. The van der Waals surface area contributed by atoms with E-state index < -0.39 is 5.97 Å². The fraction of sp³-hybridized carbons (Fsp3) is 0.650. The molecule has 136 valence electrons. The molecule has 0 atom stereocenters. The molecule has 0 radical (unpaired) electrons. The second-order valence-electron chi connectivity index (χ2n) is 6.72. The topological polar surface area (TPSA) is 83.5 Å². The average molecular weight is 335 g/mol. The van der Waals surface area contributed by atoms with Crippen LogP contribution >= 0.6 is 0 Å². The van der Waals surface area contributed by atoms with Gasteiger partial charge in [0.2, 0.25) is 0 Å². The molecule has 1 aromatic rings. The maximum atomic E-state index is 9.37. The Bertz CT molecular complexity index is 450. The first-order valence-corrected chi connectivity index (χ1v) is 9.19. The van der Waals surface area contributed by atoms with Crippen molar-refractivity contribution < 1.29 is 15.0 Å². The molecule has 0 bridgehead atoms. The van der Waals surface area contributed by atoms with E-state index in [0.717, 1.165) is 31.2 Å². The summed E-state index contributed by atoms with van der Waals surface area (Å²) in [7, 11) is 0. The minimum atomic E-state index is -0.745. The molecule has 2 rings (SSSR count). The Labute approximate surface area is 146 Å². The second kappa shape index (κ2) is 12.0. The van der Waals surface area contributed by atoms with E-state index in [-0.39, 0.29) is 13.0 Å². The Morgan fingerprint density at radius 2 is 1.58 bits per heavy atom. The fourth-order valence-corrected chi connectivity index (χ4v) is 3.13. The number of rotatable bonds is 7.